The molecule has 0 aliphatic carbocycles. The normalized spacial score (nSPS) is 23.6. The van der Waals surface area contributed by atoms with Gasteiger partial charge < -0.3 is 15.5 Å². The average molecular weight is 295 g/mol. The highest BCUT2D eigenvalue weighted by atomic mass is 16.2. The van der Waals surface area contributed by atoms with Gasteiger partial charge in [0.05, 0.1) is 0 Å². The molecule has 2 aliphatic heterocycles. The lowest BCUT2D eigenvalue weighted by molar-refractivity contribution is -0.125. The zero-order chi connectivity index (χ0) is 14.9. The van der Waals surface area contributed by atoms with Crippen molar-refractivity contribution < 1.29 is 9.59 Å². The van der Waals surface area contributed by atoms with Crippen LogP contribution in [0.25, 0.3) is 0 Å². The molecule has 120 valence electrons. The van der Waals surface area contributed by atoms with Gasteiger partial charge in [0.2, 0.25) is 11.8 Å². The van der Waals surface area contributed by atoms with E-state index in [2.05, 4.69) is 15.5 Å². The summed E-state index contributed by atoms with van der Waals surface area (Å²) in [5, 5.41) is 5.62. The molecular weight excluding hydrogens is 266 g/mol. The summed E-state index contributed by atoms with van der Waals surface area (Å²) in [4.78, 5) is 25.4. The second kappa shape index (κ2) is 9.03. The van der Waals surface area contributed by atoms with Gasteiger partial charge >= 0.3 is 0 Å². The lowest BCUT2D eigenvalue weighted by Gasteiger charge is -2.19. The summed E-state index contributed by atoms with van der Waals surface area (Å²) in [6, 6.07) is -0.297. The molecule has 0 bridgehead atoms. The van der Waals surface area contributed by atoms with Crippen molar-refractivity contribution in [3.63, 3.8) is 0 Å². The summed E-state index contributed by atoms with van der Waals surface area (Å²) in [6.45, 7) is 4.45. The molecule has 2 amide bonds. The lowest BCUT2D eigenvalue weighted by Crippen LogP contribution is -2.41. The fraction of sp³-hybridized carbons (Fsp3) is 0.875. The smallest absolute Gasteiger partial charge is 0.242 e. The summed E-state index contributed by atoms with van der Waals surface area (Å²) in [5.74, 6) is -0.0269. The Morgan fingerprint density at radius 2 is 1.90 bits per heavy atom. The number of nitrogens with one attached hydrogen (secondary N) is 2. The summed E-state index contributed by atoms with van der Waals surface area (Å²) in [5.41, 5.74) is 0. The minimum absolute atomic E-state index is 0.00685. The van der Waals surface area contributed by atoms with Crippen LogP contribution in [0.4, 0.5) is 0 Å². The molecule has 1 atom stereocenters. The summed E-state index contributed by atoms with van der Waals surface area (Å²) in [6.07, 6.45) is 10.0. The van der Waals surface area contributed by atoms with Gasteiger partial charge in [-0.2, -0.15) is 0 Å². The van der Waals surface area contributed by atoms with E-state index in [1.807, 2.05) is 0 Å². The first-order valence-electron chi connectivity index (χ1n) is 8.55. The van der Waals surface area contributed by atoms with Crippen molar-refractivity contribution in [2.75, 3.05) is 26.2 Å². The van der Waals surface area contributed by atoms with Crippen molar-refractivity contribution in [2.45, 2.75) is 63.8 Å². The quantitative estimate of drug-likeness (QED) is 0.699. The van der Waals surface area contributed by atoms with Gasteiger partial charge in [0.1, 0.15) is 6.04 Å². The van der Waals surface area contributed by atoms with Gasteiger partial charge in [0, 0.05) is 13.0 Å². The molecule has 5 heteroatoms. The maximum absolute atomic E-state index is 11.8. The summed E-state index contributed by atoms with van der Waals surface area (Å²) >= 11 is 0. The van der Waals surface area contributed by atoms with E-state index in [0.29, 0.717) is 12.8 Å². The van der Waals surface area contributed by atoms with Crippen LogP contribution in [0.5, 0.6) is 0 Å². The van der Waals surface area contributed by atoms with Gasteiger partial charge in [-0.15, -0.1) is 0 Å². The lowest BCUT2D eigenvalue weighted by atomic mass is 10.2. The minimum Gasteiger partial charge on any atom is -0.354 e. The van der Waals surface area contributed by atoms with E-state index >= 15 is 0 Å². The van der Waals surface area contributed by atoms with Crippen molar-refractivity contribution in [2.24, 2.45) is 0 Å². The molecule has 1 unspecified atom stereocenters. The number of carbonyl (C=O) groups is 2. The number of rotatable bonds is 7. The number of unbranched alkanes of at least 4 members (excludes halogenated alkanes) is 2. The standard InChI is InChI=1S/C16H29N3O2/c20-15-9-8-14(18-15)16(21)17-10-4-3-7-13-19-11-5-1-2-6-12-19/h14H,1-13H2,(H,17,21)(H,18,20). The predicted molar refractivity (Wildman–Crippen MR) is 82.9 cm³/mol. The molecule has 2 rings (SSSR count). The van der Waals surface area contributed by atoms with Crippen LogP contribution in [0, 0.1) is 0 Å². The molecule has 2 saturated heterocycles. The number of hydrogen-bond donors (Lipinski definition) is 2. The Hall–Kier alpha value is -1.10. The molecular formula is C16H29N3O2. The first kappa shape index (κ1) is 16.3. The average Bonchev–Trinajstić information content (AvgIpc) is 2.75. The summed E-state index contributed by atoms with van der Waals surface area (Å²) < 4.78 is 0. The monoisotopic (exact) mass is 295 g/mol. The first-order chi connectivity index (χ1) is 10.3. The Morgan fingerprint density at radius 3 is 2.57 bits per heavy atom. The molecule has 0 radical (unpaired) electrons. The molecule has 2 fully saturated rings. The predicted octanol–water partition coefficient (Wildman–Crippen LogP) is 1.43. The zero-order valence-corrected chi connectivity index (χ0v) is 13.0. The van der Waals surface area contributed by atoms with E-state index in [9.17, 15) is 9.59 Å². The Bertz CT molecular complexity index is 338. The number of likely N-dealkylation sites (tertiary alicyclic amines) is 1. The van der Waals surface area contributed by atoms with Crippen molar-refractivity contribution >= 4 is 11.8 Å². The summed E-state index contributed by atoms with van der Waals surface area (Å²) in [7, 11) is 0. The fourth-order valence-electron chi connectivity index (χ4n) is 3.14. The topological polar surface area (TPSA) is 61.4 Å². The van der Waals surface area contributed by atoms with E-state index < -0.39 is 0 Å². The third-order valence-corrected chi connectivity index (χ3v) is 4.46. The van der Waals surface area contributed by atoms with Crippen molar-refractivity contribution in [1.82, 2.24) is 15.5 Å². The van der Waals surface area contributed by atoms with Crippen LogP contribution < -0.4 is 10.6 Å². The van der Waals surface area contributed by atoms with Gasteiger partial charge in [-0.25, -0.2) is 0 Å². The van der Waals surface area contributed by atoms with Gasteiger partial charge in [0.15, 0.2) is 0 Å². The Labute approximate surface area is 127 Å². The molecule has 2 aliphatic rings. The molecule has 0 saturated carbocycles. The van der Waals surface area contributed by atoms with Crippen molar-refractivity contribution in [3.05, 3.63) is 0 Å². The molecule has 0 spiro atoms. The third-order valence-electron chi connectivity index (χ3n) is 4.46. The zero-order valence-electron chi connectivity index (χ0n) is 13.0. The van der Waals surface area contributed by atoms with Gasteiger partial charge in [0.25, 0.3) is 0 Å². The maximum atomic E-state index is 11.8. The Morgan fingerprint density at radius 1 is 1.14 bits per heavy atom. The molecule has 0 aromatic carbocycles. The number of nitrogens with zero attached hydrogens (tertiary/aromatic N) is 1. The van der Waals surface area contributed by atoms with E-state index in [4.69, 9.17) is 0 Å². The third kappa shape index (κ3) is 6.04. The highest BCUT2D eigenvalue weighted by Crippen LogP contribution is 2.10. The molecule has 0 aromatic heterocycles. The number of hydrogen-bond acceptors (Lipinski definition) is 3. The van der Waals surface area contributed by atoms with Gasteiger partial charge in [-0.1, -0.05) is 19.3 Å². The maximum Gasteiger partial charge on any atom is 0.242 e. The van der Waals surface area contributed by atoms with Crippen molar-refractivity contribution in [1.29, 1.82) is 0 Å². The number of amides is 2. The van der Waals surface area contributed by atoms with E-state index in [1.54, 1.807) is 0 Å². The molecule has 5 nitrogen and oxygen atoms in total. The van der Waals surface area contributed by atoms with Crippen LogP contribution in [-0.2, 0) is 9.59 Å². The molecule has 0 aromatic rings. The Kier molecular flexibility index (Phi) is 7.00. The van der Waals surface area contributed by atoms with Crippen LogP contribution in [0.2, 0.25) is 0 Å². The van der Waals surface area contributed by atoms with Crippen LogP contribution in [-0.4, -0.2) is 48.9 Å². The van der Waals surface area contributed by atoms with Gasteiger partial charge in [-0.05, 0) is 51.7 Å². The van der Waals surface area contributed by atoms with Crippen molar-refractivity contribution in [3.8, 4) is 0 Å². The van der Waals surface area contributed by atoms with Gasteiger partial charge in [-0.3, -0.25) is 9.59 Å². The van der Waals surface area contributed by atoms with E-state index in [1.165, 1.54) is 51.7 Å². The van der Waals surface area contributed by atoms with E-state index in [0.717, 1.165) is 19.4 Å². The molecule has 2 N–H and O–H groups in total. The second-order valence-electron chi connectivity index (χ2n) is 6.27. The fourth-order valence-corrected chi connectivity index (χ4v) is 3.14. The number of carbonyl (C=O) groups excluding carboxylic acids is 2. The molecule has 2 heterocycles. The Balaban J connectivity index is 1.46. The minimum atomic E-state index is -0.297. The van der Waals surface area contributed by atoms with Crippen LogP contribution in [0.15, 0.2) is 0 Å². The first-order valence-corrected chi connectivity index (χ1v) is 8.55. The second-order valence-corrected chi connectivity index (χ2v) is 6.27. The molecule has 21 heavy (non-hydrogen) atoms. The largest absolute Gasteiger partial charge is 0.354 e. The highest BCUT2D eigenvalue weighted by Gasteiger charge is 2.26. The highest BCUT2D eigenvalue weighted by molar-refractivity contribution is 5.90. The van der Waals surface area contributed by atoms with Crippen LogP contribution >= 0.6 is 0 Å². The van der Waals surface area contributed by atoms with E-state index in [-0.39, 0.29) is 17.9 Å². The van der Waals surface area contributed by atoms with Crippen LogP contribution in [0.3, 0.4) is 0 Å². The SMILES string of the molecule is O=C1CCC(C(=O)NCCCCCN2CCCCCC2)N1. The van der Waals surface area contributed by atoms with Crippen LogP contribution in [0.1, 0.15) is 57.8 Å².